The van der Waals surface area contributed by atoms with Crippen LogP contribution in [0.3, 0.4) is 0 Å². The lowest BCUT2D eigenvalue weighted by Crippen LogP contribution is -2.38. The Morgan fingerprint density at radius 2 is 2.15 bits per heavy atom. The molecule has 136 valence electrons. The van der Waals surface area contributed by atoms with Crippen LogP contribution in [0.1, 0.15) is 30.4 Å². The number of aryl methyl sites for hydroxylation is 1. The summed E-state index contributed by atoms with van der Waals surface area (Å²) < 4.78 is 6.25. The van der Waals surface area contributed by atoms with E-state index in [1.165, 1.54) is 5.56 Å². The van der Waals surface area contributed by atoms with Gasteiger partial charge in [-0.05, 0) is 48.8 Å². The number of piperidine rings is 1. The summed E-state index contributed by atoms with van der Waals surface area (Å²) in [6.07, 6.45) is 3.74. The van der Waals surface area contributed by atoms with Crippen molar-refractivity contribution in [2.24, 2.45) is 0 Å². The van der Waals surface area contributed by atoms with Crippen LogP contribution >= 0.6 is 11.8 Å². The average Bonchev–Trinajstić information content (AvgIpc) is 2.68. The number of fused-ring (bicyclic) bond motifs is 3. The summed E-state index contributed by atoms with van der Waals surface area (Å²) in [7, 11) is 0. The molecule has 1 aromatic heterocycles. The van der Waals surface area contributed by atoms with Crippen molar-refractivity contribution < 1.29 is 4.74 Å². The van der Waals surface area contributed by atoms with Crippen molar-refractivity contribution in [1.29, 1.82) is 5.26 Å². The van der Waals surface area contributed by atoms with Gasteiger partial charge in [0.15, 0.2) is 0 Å². The third-order valence-corrected chi connectivity index (χ3v) is 6.31. The van der Waals surface area contributed by atoms with E-state index in [0.717, 1.165) is 72.6 Å². The first-order valence-corrected chi connectivity index (χ1v) is 10.4. The van der Waals surface area contributed by atoms with Crippen LogP contribution in [0.25, 0.3) is 10.9 Å². The van der Waals surface area contributed by atoms with Crippen LogP contribution < -0.4 is 10.3 Å². The molecular weight excluding hydrogens is 346 g/mol. The lowest BCUT2D eigenvalue weighted by molar-refractivity contribution is 0.102. The normalized spacial score (nSPS) is 18.4. The molecule has 0 radical (unpaired) electrons. The number of rotatable bonds is 4. The minimum atomic E-state index is 0.0538. The maximum Gasteiger partial charge on any atom is 0.252 e. The van der Waals surface area contributed by atoms with E-state index in [-0.39, 0.29) is 11.7 Å². The van der Waals surface area contributed by atoms with Gasteiger partial charge in [0.1, 0.15) is 11.9 Å². The molecule has 1 aromatic carbocycles. The van der Waals surface area contributed by atoms with Gasteiger partial charge in [-0.25, -0.2) is 0 Å². The van der Waals surface area contributed by atoms with E-state index in [0.29, 0.717) is 6.42 Å². The number of nitrogens with zero attached hydrogens (tertiary/aromatic N) is 2. The van der Waals surface area contributed by atoms with Crippen molar-refractivity contribution in [2.75, 3.05) is 25.4 Å². The number of pyridine rings is 1. The first kappa shape index (κ1) is 17.4. The number of nitriles is 1. The highest BCUT2D eigenvalue weighted by atomic mass is 32.2. The molecule has 2 aromatic rings. The summed E-state index contributed by atoms with van der Waals surface area (Å²) >= 11 is 1.82. The Bertz CT molecular complexity index is 894. The van der Waals surface area contributed by atoms with E-state index >= 15 is 0 Å². The summed E-state index contributed by atoms with van der Waals surface area (Å²) in [5.41, 5.74) is 3.08. The number of nitrogens with one attached hydrogen (secondary N) is 1. The van der Waals surface area contributed by atoms with E-state index in [2.05, 4.69) is 22.0 Å². The van der Waals surface area contributed by atoms with Gasteiger partial charge in [-0.2, -0.15) is 17.0 Å². The zero-order valence-corrected chi connectivity index (χ0v) is 15.6. The Morgan fingerprint density at radius 3 is 2.96 bits per heavy atom. The second-order valence-corrected chi connectivity index (χ2v) is 8.09. The maximum atomic E-state index is 12.3. The van der Waals surface area contributed by atoms with Gasteiger partial charge in [0.25, 0.3) is 5.56 Å². The largest absolute Gasteiger partial charge is 0.490 e. The highest BCUT2D eigenvalue weighted by Crippen LogP contribution is 2.30. The summed E-state index contributed by atoms with van der Waals surface area (Å²) in [4.78, 5) is 17.6. The molecular formula is C20H23N3O2S. The molecule has 1 fully saturated rings. The Labute approximate surface area is 157 Å². The first-order chi connectivity index (χ1) is 12.7. The maximum absolute atomic E-state index is 12.3. The van der Waals surface area contributed by atoms with E-state index in [9.17, 15) is 4.79 Å². The average molecular weight is 369 g/mol. The quantitative estimate of drug-likeness (QED) is 0.897. The Kier molecular flexibility index (Phi) is 5.18. The van der Waals surface area contributed by atoms with Crippen LogP contribution in [0.4, 0.5) is 0 Å². The molecule has 26 heavy (non-hydrogen) atoms. The van der Waals surface area contributed by atoms with Crippen LogP contribution in [-0.2, 0) is 12.2 Å². The van der Waals surface area contributed by atoms with E-state index < -0.39 is 0 Å². The molecule has 4 rings (SSSR count). The molecule has 0 saturated carbocycles. The SMILES string of the molecule is N#CCCN1CCC(Oc2ccc3[nH]c(=O)c4c(c3c2)CCSC4)CC1. The highest BCUT2D eigenvalue weighted by Gasteiger charge is 2.21. The number of thioether (sulfide) groups is 1. The number of H-pyrrole nitrogens is 1. The zero-order chi connectivity index (χ0) is 17.9. The van der Waals surface area contributed by atoms with Crippen molar-refractivity contribution in [1.82, 2.24) is 9.88 Å². The highest BCUT2D eigenvalue weighted by molar-refractivity contribution is 7.98. The minimum absolute atomic E-state index is 0.0538. The smallest absolute Gasteiger partial charge is 0.252 e. The number of likely N-dealkylation sites (tertiary alicyclic amines) is 1. The molecule has 0 bridgehead atoms. The van der Waals surface area contributed by atoms with Gasteiger partial charge in [0.05, 0.1) is 6.07 Å². The van der Waals surface area contributed by atoms with Gasteiger partial charge >= 0.3 is 0 Å². The molecule has 0 aliphatic carbocycles. The van der Waals surface area contributed by atoms with E-state index in [1.54, 1.807) is 0 Å². The molecule has 2 aliphatic heterocycles. The topological polar surface area (TPSA) is 69.1 Å². The van der Waals surface area contributed by atoms with Gasteiger partial charge in [0, 0.05) is 48.3 Å². The second kappa shape index (κ2) is 7.73. The number of benzene rings is 1. The summed E-state index contributed by atoms with van der Waals surface area (Å²) in [6, 6.07) is 8.24. The van der Waals surface area contributed by atoms with Crippen molar-refractivity contribution in [3.05, 3.63) is 39.7 Å². The zero-order valence-electron chi connectivity index (χ0n) is 14.8. The van der Waals surface area contributed by atoms with Crippen LogP contribution in [0.5, 0.6) is 5.75 Å². The minimum Gasteiger partial charge on any atom is -0.490 e. The van der Waals surface area contributed by atoms with Gasteiger partial charge in [-0.15, -0.1) is 0 Å². The third kappa shape index (κ3) is 3.60. The number of hydrogen-bond acceptors (Lipinski definition) is 5. The predicted molar refractivity (Wildman–Crippen MR) is 105 cm³/mol. The Morgan fingerprint density at radius 1 is 1.31 bits per heavy atom. The number of aromatic amines is 1. The van der Waals surface area contributed by atoms with Crippen molar-refractivity contribution >= 4 is 22.7 Å². The van der Waals surface area contributed by atoms with Gasteiger partial charge in [-0.3, -0.25) is 4.79 Å². The molecule has 0 spiro atoms. The van der Waals surface area contributed by atoms with Crippen LogP contribution in [0.15, 0.2) is 23.0 Å². The van der Waals surface area contributed by atoms with Crippen LogP contribution in [-0.4, -0.2) is 41.4 Å². The molecule has 3 heterocycles. The fourth-order valence-corrected chi connectivity index (χ4v) is 4.89. The van der Waals surface area contributed by atoms with Crippen molar-refractivity contribution in [3.8, 4) is 11.8 Å². The molecule has 6 heteroatoms. The van der Waals surface area contributed by atoms with Crippen LogP contribution in [0.2, 0.25) is 0 Å². The Hall–Kier alpha value is -1.97. The third-order valence-electron chi connectivity index (χ3n) is 5.32. The second-order valence-electron chi connectivity index (χ2n) is 6.99. The molecule has 1 N–H and O–H groups in total. The predicted octanol–water partition coefficient (Wildman–Crippen LogP) is 3.07. The number of hydrogen-bond donors (Lipinski definition) is 1. The number of aromatic nitrogens is 1. The summed E-state index contributed by atoms with van der Waals surface area (Å²) in [5.74, 6) is 2.76. The van der Waals surface area contributed by atoms with Gasteiger partial charge < -0.3 is 14.6 Å². The fraction of sp³-hybridized carbons (Fsp3) is 0.500. The molecule has 1 saturated heterocycles. The molecule has 2 aliphatic rings. The van der Waals surface area contributed by atoms with Crippen molar-refractivity contribution in [2.45, 2.75) is 37.5 Å². The summed E-state index contributed by atoms with van der Waals surface area (Å²) in [6.45, 7) is 2.83. The molecule has 0 atom stereocenters. The van der Waals surface area contributed by atoms with E-state index in [4.69, 9.17) is 10.00 Å². The standard InChI is InChI=1S/C20H23N3O2S/c21-7-1-8-23-9-4-14(5-10-23)25-15-2-3-19-17(12-15)16-6-11-26-13-18(16)20(24)22-19/h2-3,12,14H,1,4-6,8-11,13H2,(H,22,24). The van der Waals surface area contributed by atoms with Gasteiger partial charge in [-0.1, -0.05) is 0 Å². The fourth-order valence-electron chi connectivity index (χ4n) is 3.89. The van der Waals surface area contributed by atoms with Crippen molar-refractivity contribution in [3.63, 3.8) is 0 Å². The molecule has 5 nitrogen and oxygen atoms in total. The van der Waals surface area contributed by atoms with Crippen LogP contribution in [0, 0.1) is 11.3 Å². The molecule has 0 unspecified atom stereocenters. The first-order valence-electron chi connectivity index (χ1n) is 9.26. The monoisotopic (exact) mass is 369 g/mol. The van der Waals surface area contributed by atoms with Gasteiger partial charge in [0.2, 0.25) is 0 Å². The number of ether oxygens (including phenoxy) is 1. The lowest BCUT2D eigenvalue weighted by atomic mass is 10.0. The van der Waals surface area contributed by atoms with E-state index in [1.807, 2.05) is 23.9 Å². The molecule has 0 amide bonds. The summed E-state index contributed by atoms with van der Waals surface area (Å²) in [5, 5.41) is 9.84. The Balaban J connectivity index is 1.51. The lowest BCUT2D eigenvalue weighted by Gasteiger charge is -2.31.